The van der Waals surface area contributed by atoms with Gasteiger partial charge in [-0.15, -0.1) is 0 Å². The third-order valence-electron chi connectivity index (χ3n) is 1.93. The van der Waals surface area contributed by atoms with E-state index in [-0.39, 0.29) is 0 Å². The number of benzene rings is 1. The number of aromatic hydroxyl groups is 2. The van der Waals surface area contributed by atoms with Gasteiger partial charge in [-0.2, -0.15) is 26.3 Å². The first-order chi connectivity index (χ1) is 9.84. The summed E-state index contributed by atoms with van der Waals surface area (Å²) in [6, 6.07) is 0.886. The fourth-order valence-electron chi connectivity index (χ4n) is 1.03. The van der Waals surface area contributed by atoms with Crippen LogP contribution >= 0.6 is 0 Å². The summed E-state index contributed by atoms with van der Waals surface area (Å²) in [4.78, 5) is 21.2. The Balaban J connectivity index is 3.22. The fourth-order valence-corrected chi connectivity index (χ4v) is 1.03. The Morgan fingerprint density at radius 2 is 1.32 bits per heavy atom. The summed E-state index contributed by atoms with van der Waals surface area (Å²) in [5, 5.41) is 18.3. The average Bonchev–Trinajstić information content (AvgIpc) is 2.35. The van der Waals surface area contributed by atoms with Gasteiger partial charge in [-0.1, -0.05) is 0 Å². The van der Waals surface area contributed by atoms with Crippen LogP contribution < -0.4 is 9.47 Å². The molecule has 0 bridgehead atoms. The second-order valence-corrected chi connectivity index (χ2v) is 3.54. The van der Waals surface area contributed by atoms with Crippen molar-refractivity contribution in [3.05, 3.63) is 12.1 Å². The molecule has 1 rings (SSSR count). The Kier molecular flexibility index (Phi) is 4.44. The number of phenolic OH excluding ortho intramolecular Hbond substituents is 2. The van der Waals surface area contributed by atoms with Gasteiger partial charge in [-0.25, -0.2) is 9.59 Å². The summed E-state index contributed by atoms with van der Waals surface area (Å²) in [5.74, 6) is -11.4. The van der Waals surface area contributed by atoms with Crippen molar-refractivity contribution < 1.29 is 55.6 Å². The first-order valence-electron chi connectivity index (χ1n) is 4.97. The van der Waals surface area contributed by atoms with Crippen LogP contribution in [0, 0.1) is 0 Å². The van der Waals surface area contributed by atoms with Crippen LogP contribution in [-0.4, -0.2) is 34.5 Å². The van der Waals surface area contributed by atoms with E-state index in [1.54, 1.807) is 0 Å². The molecule has 0 saturated carbocycles. The molecule has 22 heavy (non-hydrogen) atoms. The minimum atomic E-state index is -5.55. The van der Waals surface area contributed by atoms with Gasteiger partial charge in [0.1, 0.15) is 0 Å². The lowest BCUT2D eigenvalue weighted by Gasteiger charge is -2.14. The minimum absolute atomic E-state index is 0.387. The molecule has 122 valence electrons. The second kappa shape index (κ2) is 5.61. The molecule has 0 radical (unpaired) electrons. The molecule has 2 N–H and O–H groups in total. The third-order valence-corrected chi connectivity index (χ3v) is 1.93. The normalized spacial score (nSPS) is 11.9. The molecular weight excluding hydrogens is 330 g/mol. The van der Waals surface area contributed by atoms with Crippen LogP contribution in [0.25, 0.3) is 0 Å². The van der Waals surface area contributed by atoms with Crippen LogP contribution in [-0.2, 0) is 9.59 Å². The van der Waals surface area contributed by atoms with Gasteiger partial charge in [0.2, 0.25) is 11.5 Å². The fraction of sp³-hybridized carbons (Fsp3) is 0.200. The summed E-state index contributed by atoms with van der Waals surface area (Å²) < 4.78 is 79.5. The van der Waals surface area contributed by atoms with Crippen LogP contribution in [0.1, 0.15) is 0 Å². The molecule has 0 aliphatic carbocycles. The zero-order chi connectivity index (χ0) is 17.3. The summed E-state index contributed by atoms with van der Waals surface area (Å²) in [6.07, 6.45) is -11.1. The zero-order valence-corrected chi connectivity index (χ0v) is 9.95. The topological polar surface area (TPSA) is 93.1 Å². The SMILES string of the molecule is O=C(Oc1ccc(O)c(O)c1OC(=O)C(F)(F)F)C(F)(F)F. The van der Waals surface area contributed by atoms with Crippen molar-refractivity contribution in [1.82, 2.24) is 0 Å². The smallest absolute Gasteiger partial charge is 0.491 e. The van der Waals surface area contributed by atoms with Gasteiger partial charge < -0.3 is 19.7 Å². The molecule has 12 heteroatoms. The number of rotatable bonds is 2. The molecule has 0 aromatic heterocycles. The molecule has 0 unspecified atom stereocenters. The number of ether oxygens (including phenoxy) is 2. The standard InChI is InChI=1S/C10H4F6O6/c11-9(12,13)7(19)21-4-2-1-3(17)5(18)6(4)22-8(20)10(14,15)16/h1-2,17-18H. The van der Waals surface area contributed by atoms with Gasteiger partial charge in [-0.3, -0.25) is 0 Å². The summed E-state index contributed by atoms with van der Waals surface area (Å²) in [6.45, 7) is 0. The van der Waals surface area contributed by atoms with Crippen LogP contribution in [0.3, 0.4) is 0 Å². The van der Waals surface area contributed by atoms with Gasteiger partial charge in [0.05, 0.1) is 0 Å². The second-order valence-electron chi connectivity index (χ2n) is 3.54. The maximum Gasteiger partial charge on any atom is 0.491 e. The molecular formula is C10H4F6O6. The molecule has 0 aliphatic rings. The number of alkyl halides is 6. The maximum atomic E-state index is 12.0. The lowest BCUT2D eigenvalue weighted by atomic mass is 10.2. The Morgan fingerprint density at radius 1 is 0.864 bits per heavy atom. The largest absolute Gasteiger partial charge is 0.504 e. The Hall–Kier alpha value is -2.66. The van der Waals surface area contributed by atoms with E-state index in [0.717, 1.165) is 0 Å². The molecule has 0 amide bonds. The highest BCUT2D eigenvalue weighted by Crippen LogP contribution is 2.44. The van der Waals surface area contributed by atoms with E-state index in [4.69, 9.17) is 5.11 Å². The molecule has 0 heterocycles. The van der Waals surface area contributed by atoms with Crippen LogP contribution in [0.4, 0.5) is 26.3 Å². The van der Waals surface area contributed by atoms with Crippen molar-refractivity contribution in [2.45, 2.75) is 12.4 Å². The molecule has 0 saturated heterocycles. The van der Waals surface area contributed by atoms with Crippen LogP contribution in [0.5, 0.6) is 23.0 Å². The van der Waals surface area contributed by atoms with Gasteiger partial charge >= 0.3 is 24.3 Å². The quantitative estimate of drug-likeness (QED) is 0.372. The van der Waals surface area contributed by atoms with Crippen molar-refractivity contribution >= 4 is 11.9 Å². The lowest BCUT2D eigenvalue weighted by Crippen LogP contribution is -2.30. The van der Waals surface area contributed by atoms with Gasteiger partial charge in [0, 0.05) is 0 Å². The van der Waals surface area contributed by atoms with E-state index >= 15 is 0 Å². The molecule has 6 nitrogen and oxygen atoms in total. The van der Waals surface area contributed by atoms with Gasteiger partial charge in [0.25, 0.3) is 0 Å². The average molecular weight is 334 g/mol. The van der Waals surface area contributed by atoms with Gasteiger partial charge in [0.15, 0.2) is 11.5 Å². The van der Waals surface area contributed by atoms with E-state index in [9.17, 15) is 41.0 Å². The first kappa shape index (κ1) is 17.4. The lowest BCUT2D eigenvalue weighted by molar-refractivity contribution is -0.191. The van der Waals surface area contributed by atoms with Crippen molar-refractivity contribution in [3.63, 3.8) is 0 Å². The van der Waals surface area contributed by atoms with E-state index in [1.807, 2.05) is 0 Å². The molecule has 1 aromatic rings. The number of carbonyl (C=O) groups is 2. The monoisotopic (exact) mass is 334 g/mol. The van der Waals surface area contributed by atoms with Crippen LogP contribution in [0.2, 0.25) is 0 Å². The molecule has 0 atom stereocenters. The number of phenols is 2. The van der Waals surface area contributed by atoms with Crippen LogP contribution in [0.15, 0.2) is 12.1 Å². The highest BCUT2D eigenvalue weighted by atomic mass is 19.4. The highest BCUT2D eigenvalue weighted by Gasteiger charge is 2.44. The molecule has 0 spiro atoms. The summed E-state index contributed by atoms with van der Waals surface area (Å²) in [5.41, 5.74) is 0. The van der Waals surface area contributed by atoms with Crippen molar-refractivity contribution in [2.24, 2.45) is 0 Å². The third kappa shape index (κ3) is 3.93. The van der Waals surface area contributed by atoms with Crippen molar-refractivity contribution in [2.75, 3.05) is 0 Å². The van der Waals surface area contributed by atoms with E-state index in [2.05, 4.69) is 9.47 Å². The first-order valence-corrected chi connectivity index (χ1v) is 4.97. The predicted octanol–water partition coefficient (Wildman–Crippen LogP) is 2.03. The summed E-state index contributed by atoms with van der Waals surface area (Å²) >= 11 is 0. The maximum absolute atomic E-state index is 12.0. The van der Waals surface area contributed by atoms with Crippen molar-refractivity contribution in [1.29, 1.82) is 0 Å². The number of halogens is 6. The minimum Gasteiger partial charge on any atom is -0.504 e. The Morgan fingerprint density at radius 3 is 1.77 bits per heavy atom. The number of hydrogen-bond donors (Lipinski definition) is 2. The van der Waals surface area contributed by atoms with E-state index < -0.39 is 47.3 Å². The Bertz CT molecular complexity index is 605. The number of esters is 2. The van der Waals surface area contributed by atoms with Gasteiger partial charge in [-0.05, 0) is 12.1 Å². The molecule has 1 aromatic carbocycles. The molecule has 0 aliphatic heterocycles. The van der Waals surface area contributed by atoms with E-state index in [1.165, 1.54) is 0 Å². The number of carbonyl (C=O) groups excluding carboxylic acids is 2. The number of hydrogen-bond acceptors (Lipinski definition) is 6. The summed E-state index contributed by atoms with van der Waals surface area (Å²) in [7, 11) is 0. The van der Waals surface area contributed by atoms with Crippen molar-refractivity contribution in [3.8, 4) is 23.0 Å². The predicted molar refractivity (Wildman–Crippen MR) is 53.2 cm³/mol. The molecule has 0 fully saturated rings. The highest BCUT2D eigenvalue weighted by molar-refractivity contribution is 5.82. The zero-order valence-electron chi connectivity index (χ0n) is 9.95. The van der Waals surface area contributed by atoms with E-state index in [0.29, 0.717) is 12.1 Å². The Labute approximate surface area is 116 Å².